The van der Waals surface area contributed by atoms with Crippen molar-refractivity contribution in [1.82, 2.24) is 19.7 Å². The number of amides is 3. The van der Waals surface area contributed by atoms with E-state index in [-0.39, 0.29) is 41.2 Å². The Bertz CT molecular complexity index is 1310. The molecule has 3 aromatic rings. The average molecular weight is 483 g/mol. The molecule has 1 saturated heterocycles. The van der Waals surface area contributed by atoms with Gasteiger partial charge >= 0.3 is 0 Å². The molecule has 3 atom stereocenters. The number of carbonyl (C=O) groups is 3. The number of hydrogen-bond acceptors (Lipinski definition) is 6. The molecule has 176 valence electrons. The molecular formula is C23H23ClN6O4. The summed E-state index contributed by atoms with van der Waals surface area (Å²) in [5.74, 6) is -0.273. The van der Waals surface area contributed by atoms with Crippen LogP contribution >= 0.6 is 11.6 Å². The minimum absolute atomic E-state index is 0.0156. The van der Waals surface area contributed by atoms with Crippen LogP contribution in [0.1, 0.15) is 29.8 Å². The quantitative estimate of drug-likeness (QED) is 0.517. The standard InChI is InChI=1S/C23H23ClN6O4/c1-34-14-7-8-16-15(10-14)20(22(25)32)28-29(16)11-19(31)30-13-6-5-12(9-13)21(30)23(33)27-18-4-2-3-17(24)26-18/h2-4,7-8,10,12-13,21H,5-6,9,11H2,1H3,(H2,25,32)(H,26,27,33)/t12-,13+,21-/m0/s1. The molecule has 0 radical (unpaired) electrons. The van der Waals surface area contributed by atoms with Gasteiger partial charge in [-0.15, -0.1) is 0 Å². The van der Waals surface area contributed by atoms with Crippen molar-refractivity contribution in [3.05, 3.63) is 47.2 Å². The summed E-state index contributed by atoms with van der Waals surface area (Å²) in [7, 11) is 1.52. The van der Waals surface area contributed by atoms with Gasteiger partial charge in [0, 0.05) is 11.4 Å². The molecule has 1 aliphatic carbocycles. The molecule has 2 fully saturated rings. The molecule has 3 amide bonds. The third-order valence-corrected chi connectivity index (χ3v) is 6.79. The minimum Gasteiger partial charge on any atom is -0.497 e. The number of rotatable bonds is 6. The zero-order chi connectivity index (χ0) is 24.0. The van der Waals surface area contributed by atoms with Crippen molar-refractivity contribution >= 4 is 46.0 Å². The SMILES string of the molecule is COc1ccc2c(c1)c(C(N)=O)nn2CC(=O)N1[C@@H]2CC[C@@H](C2)[C@H]1C(=O)Nc1cccc(Cl)n1. The maximum atomic E-state index is 13.5. The van der Waals surface area contributed by atoms with E-state index in [4.69, 9.17) is 22.1 Å². The number of halogens is 1. The molecule has 5 rings (SSSR count). The zero-order valence-electron chi connectivity index (χ0n) is 18.4. The number of ether oxygens (including phenoxy) is 1. The van der Waals surface area contributed by atoms with E-state index in [9.17, 15) is 14.4 Å². The van der Waals surface area contributed by atoms with Gasteiger partial charge in [0.25, 0.3) is 5.91 Å². The Morgan fingerprint density at radius 3 is 2.79 bits per heavy atom. The average Bonchev–Trinajstić information content (AvgIpc) is 3.52. The van der Waals surface area contributed by atoms with Crippen LogP contribution in [-0.4, -0.2) is 56.6 Å². The Hall–Kier alpha value is -3.66. The number of nitrogens with one attached hydrogen (secondary N) is 1. The molecule has 1 saturated carbocycles. The first-order valence-corrected chi connectivity index (χ1v) is 11.3. The smallest absolute Gasteiger partial charge is 0.269 e. The maximum absolute atomic E-state index is 13.5. The van der Waals surface area contributed by atoms with Crippen LogP contribution in [0, 0.1) is 5.92 Å². The zero-order valence-corrected chi connectivity index (χ0v) is 19.2. The lowest BCUT2D eigenvalue weighted by molar-refractivity contribution is -0.141. The summed E-state index contributed by atoms with van der Waals surface area (Å²) in [6.07, 6.45) is 2.50. The molecule has 2 bridgehead atoms. The third-order valence-electron chi connectivity index (χ3n) is 6.58. The number of primary amides is 1. The van der Waals surface area contributed by atoms with Crippen molar-refractivity contribution in [3.63, 3.8) is 0 Å². The van der Waals surface area contributed by atoms with Crippen LogP contribution < -0.4 is 15.8 Å². The molecular weight excluding hydrogens is 460 g/mol. The van der Waals surface area contributed by atoms with Crippen LogP contribution in [0.3, 0.4) is 0 Å². The molecule has 11 heteroatoms. The van der Waals surface area contributed by atoms with Gasteiger partial charge in [-0.3, -0.25) is 19.1 Å². The molecule has 0 spiro atoms. The van der Waals surface area contributed by atoms with Gasteiger partial charge in [0.05, 0.1) is 12.6 Å². The number of methoxy groups -OCH3 is 1. The monoisotopic (exact) mass is 482 g/mol. The second-order valence-corrected chi connectivity index (χ2v) is 8.95. The fraction of sp³-hybridized carbons (Fsp3) is 0.348. The van der Waals surface area contributed by atoms with Crippen molar-refractivity contribution in [1.29, 1.82) is 0 Å². The molecule has 0 unspecified atom stereocenters. The number of fused-ring (bicyclic) bond motifs is 3. The summed E-state index contributed by atoms with van der Waals surface area (Å²) >= 11 is 5.93. The van der Waals surface area contributed by atoms with Crippen LogP contribution in [0.2, 0.25) is 5.15 Å². The van der Waals surface area contributed by atoms with E-state index < -0.39 is 11.9 Å². The first-order valence-electron chi connectivity index (χ1n) is 10.9. The van der Waals surface area contributed by atoms with Crippen molar-refractivity contribution in [2.45, 2.75) is 37.9 Å². The normalized spacial score (nSPS) is 21.1. The van der Waals surface area contributed by atoms with E-state index >= 15 is 0 Å². The highest BCUT2D eigenvalue weighted by Crippen LogP contribution is 2.43. The van der Waals surface area contributed by atoms with Crippen LogP contribution in [0.25, 0.3) is 10.9 Å². The van der Waals surface area contributed by atoms with E-state index in [0.29, 0.717) is 22.5 Å². The van der Waals surface area contributed by atoms with Crippen molar-refractivity contribution in [2.75, 3.05) is 12.4 Å². The van der Waals surface area contributed by atoms with Gasteiger partial charge in [0.1, 0.15) is 29.3 Å². The lowest BCUT2D eigenvalue weighted by atomic mass is 9.97. The summed E-state index contributed by atoms with van der Waals surface area (Å²) in [5.41, 5.74) is 6.15. The molecule has 3 heterocycles. The molecule has 10 nitrogen and oxygen atoms in total. The Morgan fingerprint density at radius 1 is 1.24 bits per heavy atom. The lowest BCUT2D eigenvalue weighted by Gasteiger charge is -2.34. The number of benzene rings is 1. The number of nitrogens with two attached hydrogens (primary N) is 1. The first-order chi connectivity index (χ1) is 16.4. The van der Waals surface area contributed by atoms with E-state index in [1.54, 1.807) is 41.3 Å². The number of carbonyl (C=O) groups excluding carboxylic acids is 3. The fourth-order valence-electron chi connectivity index (χ4n) is 5.16. The molecule has 1 aliphatic heterocycles. The molecule has 2 aromatic heterocycles. The Balaban J connectivity index is 1.42. The Morgan fingerprint density at radius 2 is 2.06 bits per heavy atom. The van der Waals surface area contributed by atoms with Crippen LogP contribution in [0.5, 0.6) is 5.75 Å². The lowest BCUT2D eigenvalue weighted by Crippen LogP contribution is -2.52. The van der Waals surface area contributed by atoms with Gasteiger partial charge < -0.3 is 20.7 Å². The number of pyridine rings is 1. The molecule has 34 heavy (non-hydrogen) atoms. The van der Waals surface area contributed by atoms with Crippen molar-refractivity contribution < 1.29 is 19.1 Å². The number of likely N-dealkylation sites (tertiary alicyclic amines) is 1. The minimum atomic E-state index is -0.698. The highest BCUT2D eigenvalue weighted by Gasteiger charge is 2.51. The van der Waals surface area contributed by atoms with E-state index in [1.165, 1.54) is 11.8 Å². The van der Waals surface area contributed by atoms with Gasteiger partial charge in [-0.05, 0) is 55.5 Å². The largest absolute Gasteiger partial charge is 0.497 e. The number of hydrogen-bond donors (Lipinski definition) is 2. The molecule has 2 aliphatic rings. The first kappa shape index (κ1) is 22.1. The summed E-state index contributed by atoms with van der Waals surface area (Å²) in [4.78, 5) is 44.4. The highest BCUT2D eigenvalue weighted by atomic mass is 35.5. The van der Waals surface area contributed by atoms with E-state index in [0.717, 1.165) is 19.3 Å². The number of piperidine rings is 1. The third kappa shape index (κ3) is 3.83. The highest BCUT2D eigenvalue weighted by molar-refractivity contribution is 6.29. The topological polar surface area (TPSA) is 132 Å². The second kappa shape index (κ2) is 8.60. The summed E-state index contributed by atoms with van der Waals surface area (Å²) < 4.78 is 6.69. The van der Waals surface area contributed by atoms with Gasteiger partial charge in [-0.1, -0.05) is 17.7 Å². The number of aromatic nitrogens is 3. The van der Waals surface area contributed by atoms with Gasteiger partial charge in [0.15, 0.2) is 5.69 Å². The van der Waals surface area contributed by atoms with E-state index in [2.05, 4.69) is 15.4 Å². The van der Waals surface area contributed by atoms with Crippen LogP contribution in [0.15, 0.2) is 36.4 Å². The summed E-state index contributed by atoms with van der Waals surface area (Å²) in [5, 5.41) is 7.87. The number of nitrogens with zero attached hydrogens (tertiary/aromatic N) is 4. The van der Waals surface area contributed by atoms with Gasteiger partial charge in [0.2, 0.25) is 11.8 Å². The second-order valence-electron chi connectivity index (χ2n) is 8.56. The fourth-order valence-corrected chi connectivity index (χ4v) is 5.32. The predicted molar refractivity (Wildman–Crippen MR) is 124 cm³/mol. The number of anilines is 1. The Kier molecular flexibility index (Phi) is 5.60. The van der Waals surface area contributed by atoms with E-state index in [1.807, 2.05) is 0 Å². The van der Waals surface area contributed by atoms with Gasteiger partial charge in [-0.2, -0.15) is 5.10 Å². The Labute approximate surface area is 200 Å². The van der Waals surface area contributed by atoms with Crippen molar-refractivity contribution in [3.8, 4) is 5.75 Å². The molecule has 1 aromatic carbocycles. The van der Waals surface area contributed by atoms with Crippen LogP contribution in [-0.2, 0) is 16.1 Å². The van der Waals surface area contributed by atoms with Crippen molar-refractivity contribution in [2.24, 2.45) is 11.7 Å². The van der Waals surface area contributed by atoms with Crippen LogP contribution in [0.4, 0.5) is 5.82 Å². The maximum Gasteiger partial charge on any atom is 0.269 e. The summed E-state index contributed by atoms with van der Waals surface area (Å²) in [6.45, 7) is -0.126. The summed E-state index contributed by atoms with van der Waals surface area (Å²) in [6, 6.07) is 9.46. The van der Waals surface area contributed by atoms with Gasteiger partial charge in [-0.25, -0.2) is 4.98 Å². The molecule has 3 N–H and O–H groups in total. The predicted octanol–water partition coefficient (Wildman–Crippen LogP) is 2.21.